The summed E-state index contributed by atoms with van der Waals surface area (Å²) < 4.78 is 11.5. The number of nitrogens with zero attached hydrogens (tertiary/aromatic N) is 1. The molecule has 0 fully saturated rings. The Hall–Kier alpha value is -4.32. The van der Waals surface area contributed by atoms with Crippen LogP contribution in [0.2, 0.25) is 0 Å². The van der Waals surface area contributed by atoms with Gasteiger partial charge in [-0.05, 0) is 40.6 Å². The molecule has 0 aliphatic carbocycles. The van der Waals surface area contributed by atoms with E-state index in [9.17, 15) is 9.59 Å². The van der Waals surface area contributed by atoms with Gasteiger partial charge in [0, 0.05) is 24.9 Å². The van der Waals surface area contributed by atoms with Crippen molar-refractivity contribution in [2.75, 3.05) is 20.3 Å². The fourth-order valence-electron chi connectivity index (χ4n) is 4.49. The number of carbonyl (C=O) groups is 2. The van der Waals surface area contributed by atoms with Gasteiger partial charge in [-0.1, -0.05) is 92.7 Å². The van der Waals surface area contributed by atoms with Crippen LogP contribution < -0.4 is 14.8 Å². The summed E-state index contributed by atoms with van der Waals surface area (Å²) in [5.74, 6) is 1.14. The standard InChI is InChI=1S/C33H36N2O4/c1-24(2)21-34-33(37)30(20-25-11-5-4-6-12-25)35(22-26-13-9-16-28(19-26)38-3)32(36)23-39-31-18-10-15-27-14-7-8-17-29(27)31/h4-19,24,30H,20-23H2,1-3H3,(H,34,37). The second-order valence-electron chi connectivity index (χ2n) is 9.98. The van der Waals surface area contributed by atoms with Crippen molar-refractivity contribution in [2.24, 2.45) is 5.92 Å². The first-order valence-electron chi connectivity index (χ1n) is 13.3. The highest BCUT2D eigenvalue weighted by Crippen LogP contribution is 2.25. The Morgan fingerprint density at radius 3 is 2.31 bits per heavy atom. The molecule has 4 rings (SSSR count). The van der Waals surface area contributed by atoms with Crippen molar-refractivity contribution in [3.63, 3.8) is 0 Å². The molecule has 0 aromatic heterocycles. The molecular weight excluding hydrogens is 488 g/mol. The number of hydrogen-bond donors (Lipinski definition) is 1. The lowest BCUT2D eigenvalue weighted by atomic mass is 10.0. The van der Waals surface area contributed by atoms with E-state index in [0.29, 0.717) is 24.5 Å². The Kier molecular flexibility index (Phi) is 9.57. The van der Waals surface area contributed by atoms with Gasteiger partial charge < -0.3 is 19.7 Å². The van der Waals surface area contributed by atoms with Gasteiger partial charge in [0.25, 0.3) is 5.91 Å². The van der Waals surface area contributed by atoms with Gasteiger partial charge in [0.2, 0.25) is 5.91 Å². The van der Waals surface area contributed by atoms with Crippen LogP contribution in [0.25, 0.3) is 10.8 Å². The van der Waals surface area contributed by atoms with Gasteiger partial charge >= 0.3 is 0 Å². The third-order valence-corrected chi connectivity index (χ3v) is 6.54. The van der Waals surface area contributed by atoms with Crippen molar-refractivity contribution in [2.45, 2.75) is 32.9 Å². The zero-order chi connectivity index (χ0) is 27.6. The Bertz CT molecular complexity index is 1380. The molecule has 6 nitrogen and oxygen atoms in total. The Morgan fingerprint density at radius 1 is 0.846 bits per heavy atom. The fraction of sp³-hybridized carbons (Fsp3) is 0.273. The molecule has 0 radical (unpaired) electrons. The number of hydrogen-bond acceptors (Lipinski definition) is 4. The summed E-state index contributed by atoms with van der Waals surface area (Å²) in [4.78, 5) is 29.1. The Morgan fingerprint density at radius 2 is 1.54 bits per heavy atom. The summed E-state index contributed by atoms with van der Waals surface area (Å²) in [7, 11) is 1.61. The molecule has 0 saturated heterocycles. The maximum atomic E-state index is 13.9. The maximum absolute atomic E-state index is 13.9. The highest BCUT2D eigenvalue weighted by Gasteiger charge is 2.31. The first-order valence-corrected chi connectivity index (χ1v) is 13.3. The monoisotopic (exact) mass is 524 g/mol. The fourth-order valence-corrected chi connectivity index (χ4v) is 4.49. The molecule has 0 bridgehead atoms. The van der Waals surface area contributed by atoms with Crippen LogP contribution in [0.15, 0.2) is 97.1 Å². The van der Waals surface area contributed by atoms with Crippen molar-refractivity contribution in [1.29, 1.82) is 0 Å². The minimum atomic E-state index is -0.721. The molecule has 6 heteroatoms. The Balaban J connectivity index is 1.65. The number of nitrogens with one attached hydrogen (secondary N) is 1. The van der Waals surface area contributed by atoms with Crippen LogP contribution in [0.1, 0.15) is 25.0 Å². The van der Waals surface area contributed by atoms with Crippen molar-refractivity contribution < 1.29 is 19.1 Å². The van der Waals surface area contributed by atoms with E-state index in [2.05, 4.69) is 5.32 Å². The Labute approximate surface area is 230 Å². The summed E-state index contributed by atoms with van der Waals surface area (Å²) in [5.41, 5.74) is 1.84. The molecule has 4 aromatic carbocycles. The molecule has 1 atom stereocenters. The second-order valence-corrected chi connectivity index (χ2v) is 9.98. The number of ether oxygens (including phenoxy) is 2. The van der Waals surface area contributed by atoms with Gasteiger partial charge in [-0.15, -0.1) is 0 Å². The van der Waals surface area contributed by atoms with Crippen molar-refractivity contribution in [3.05, 3.63) is 108 Å². The highest BCUT2D eigenvalue weighted by atomic mass is 16.5. The van der Waals surface area contributed by atoms with E-state index in [1.54, 1.807) is 12.0 Å². The van der Waals surface area contributed by atoms with Gasteiger partial charge in [0.15, 0.2) is 6.61 Å². The summed E-state index contributed by atoms with van der Waals surface area (Å²) in [6.45, 7) is 4.66. The number of benzene rings is 4. The van der Waals surface area contributed by atoms with E-state index >= 15 is 0 Å². The number of fused-ring (bicyclic) bond motifs is 1. The number of carbonyl (C=O) groups excluding carboxylic acids is 2. The van der Waals surface area contributed by atoms with Crippen LogP contribution in [0.4, 0.5) is 0 Å². The van der Waals surface area contributed by atoms with Gasteiger partial charge in [-0.3, -0.25) is 9.59 Å². The van der Waals surface area contributed by atoms with E-state index in [-0.39, 0.29) is 30.9 Å². The molecule has 1 N–H and O–H groups in total. The topological polar surface area (TPSA) is 67.9 Å². The van der Waals surface area contributed by atoms with Crippen LogP contribution in [-0.2, 0) is 22.6 Å². The summed E-state index contributed by atoms with van der Waals surface area (Å²) in [5, 5.41) is 5.01. The molecular formula is C33H36N2O4. The molecule has 2 amide bonds. The first kappa shape index (κ1) is 27.7. The summed E-state index contributed by atoms with van der Waals surface area (Å²) in [6.07, 6.45) is 0.384. The zero-order valence-electron chi connectivity index (χ0n) is 22.8. The summed E-state index contributed by atoms with van der Waals surface area (Å²) in [6, 6.07) is 30.3. The molecule has 1 unspecified atom stereocenters. The second kappa shape index (κ2) is 13.5. The average molecular weight is 525 g/mol. The number of amides is 2. The molecule has 0 spiro atoms. The van der Waals surface area contributed by atoms with Crippen molar-refractivity contribution in [3.8, 4) is 11.5 Å². The molecule has 39 heavy (non-hydrogen) atoms. The summed E-state index contributed by atoms with van der Waals surface area (Å²) >= 11 is 0. The largest absolute Gasteiger partial charge is 0.497 e. The smallest absolute Gasteiger partial charge is 0.261 e. The van der Waals surface area contributed by atoms with Crippen LogP contribution in [0.5, 0.6) is 11.5 Å². The lowest BCUT2D eigenvalue weighted by Crippen LogP contribution is -2.52. The zero-order valence-corrected chi connectivity index (χ0v) is 22.8. The SMILES string of the molecule is COc1cccc(CN(C(=O)COc2cccc3ccccc23)C(Cc2ccccc2)C(=O)NCC(C)C)c1. The maximum Gasteiger partial charge on any atom is 0.261 e. The lowest BCUT2D eigenvalue weighted by molar-refractivity contribution is -0.142. The van der Waals surface area contributed by atoms with Crippen LogP contribution in [0.3, 0.4) is 0 Å². The predicted molar refractivity (Wildman–Crippen MR) is 155 cm³/mol. The molecule has 202 valence electrons. The predicted octanol–water partition coefficient (Wildman–Crippen LogP) is 5.64. The number of rotatable bonds is 12. The van der Waals surface area contributed by atoms with Gasteiger partial charge in [-0.25, -0.2) is 0 Å². The molecule has 0 saturated carbocycles. The highest BCUT2D eigenvalue weighted by molar-refractivity contribution is 5.90. The molecule has 0 aliphatic rings. The van der Waals surface area contributed by atoms with Crippen LogP contribution in [0, 0.1) is 5.92 Å². The van der Waals surface area contributed by atoms with E-state index in [4.69, 9.17) is 9.47 Å². The van der Waals surface area contributed by atoms with Crippen LogP contribution in [-0.4, -0.2) is 43.0 Å². The van der Waals surface area contributed by atoms with Gasteiger partial charge in [0.05, 0.1) is 7.11 Å². The third kappa shape index (κ3) is 7.60. The van der Waals surface area contributed by atoms with E-state index in [0.717, 1.165) is 21.9 Å². The third-order valence-electron chi connectivity index (χ3n) is 6.54. The van der Waals surface area contributed by atoms with E-state index < -0.39 is 6.04 Å². The first-order chi connectivity index (χ1) is 18.9. The lowest BCUT2D eigenvalue weighted by Gasteiger charge is -2.32. The van der Waals surface area contributed by atoms with E-state index in [1.807, 2.05) is 111 Å². The van der Waals surface area contributed by atoms with Crippen molar-refractivity contribution >= 4 is 22.6 Å². The minimum Gasteiger partial charge on any atom is -0.497 e. The van der Waals surface area contributed by atoms with Gasteiger partial charge in [-0.2, -0.15) is 0 Å². The van der Waals surface area contributed by atoms with Crippen LogP contribution >= 0.6 is 0 Å². The molecule has 0 aliphatic heterocycles. The number of methoxy groups -OCH3 is 1. The van der Waals surface area contributed by atoms with Crippen molar-refractivity contribution in [1.82, 2.24) is 10.2 Å². The quantitative estimate of drug-likeness (QED) is 0.261. The normalized spacial score (nSPS) is 11.7. The molecule has 4 aromatic rings. The van der Waals surface area contributed by atoms with Gasteiger partial charge in [0.1, 0.15) is 17.5 Å². The molecule has 0 heterocycles. The average Bonchev–Trinajstić information content (AvgIpc) is 2.97. The van der Waals surface area contributed by atoms with E-state index in [1.165, 1.54) is 0 Å². The minimum absolute atomic E-state index is 0.186.